The van der Waals surface area contributed by atoms with Gasteiger partial charge in [-0.05, 0) is 30.7 Å². The van der Waals surface area contributed by atoms with E-state index in [1.807, 2.05) is 6.07 Å². The molecular formula is C15H19FN4. The fourth-order valence-electron chi connectivity index (χ4n) is 1.80. The number of halogens is 1. The average molecular weight is 274 g/mol. The average Bonchev–Trinajstić information content (AvgIpc) is 2.44. The molecule has 0 radical (unpaired) electrons. The van der Waals surface area contributed by atoms with Crippen molar-refractivity contribution in [2.24, 2.45) is 0 Å². The van der Waals surface area contributed by atoms with Crippen molar-refractivity contribution in [2.45, 2.75) is 26.2 Å². The van der Waals surface area contributed by atoms with Crippen molar-refractivity contribution >= 4 is 17.5 Å². The molecule has 5 heteroatoms. The van der Waals surface area contributed by atoms with Crippen LogP contribution in [0.25, 0.3) is 0 Å². The second-order valence-corrected chi connectivity index (χ2v) is 4.53. The molecule has 0 fully saturated rings. The van der Waals surface area contributed by atoms with Gasteiger partial charge in [0.1, 0.15) is 11.6 Å². The van der Waals surface area contributed by atoms with Crippen molar-refractivity contribution in [2.75, 3.05) is 17.2 Å². The van der Waals surface area contributed by atoms with Crippen LogP contribution in [0, 0.1) is 5.82 Å². The zero-order chi connectivity index (χ0) is 14.2. The standard InChI is InChI=1S/C15H19FN4/c1-2-3-4-9-17-14-8-10-18-15(20-14)19-13-7-5-6-12(16)11-13/h5-8,10-11H,2-4,9H2,1H3,(H2,17,18,19,20). The fourth-order valence-corrected chi connectivity index (χ4v) is 1.80. The van der Waals surface area contributed by atoms with Crippen LogP contribution in [0.4, 0.5) is 21.8 Å². The molecule has 0 amide bonds. The quantitative estimate of drug-likeness (QED) is 0.750. The van der Waals surface area contributed by atoms with Crippen LogP contribution in [0.15, 0.2) is 36.5 Å². The first-order chi connectivity index (χ1) is 9.78. The Morgan fingerprint density at radius 3 is 2.90 bits per heavy atom. The van der Waals surface area contributed by atoms with Gasteiger partial charge in [-0.15, -0.1) is 0 Å². The molecule has 0 bridgehead atoms. The monoisotopic (exact) mass is 274 g/mol. The first-order valence-corrected chi connectivity index (χ1v) is 6.87. The number of hydrogen-bond acceptors (Lipinski definition) is 4. The fraction of sp³-hybridized carbons (Fsp3) is 0.333. The molecule has 1 aromatic carbocycles. The number of rotatable bonds is 7. The van der Waals surface area contributed by atoms with Gasteiger partial charge >= 0.3 is 0 Å². The maximum Gasteiger partial charge on any atom is 0.229 e. The molecule has 0 aliphatic heterocycles. The summed E-state index contributed by atoms with van der Waals surface area (Å²) in [6.45, 7) is 3.07. The third-order valence-corrected chi connectivity index (χ3v) is 2.82. The van der Waals surface area contributed by atoms with Crippen LogP contribution >= 0.6 is 0 Å². The smallest absolute Gasteiger partial charge is 0.229 e. The van der Waals surface area contributed by atoms with Crippen LogP contribution in [0.5, 0.6) is 0 Å². The Hall–Kier alpha value is -2.17. The zero-order valence-electron chi connectivity index (χ0n) is 11.6. The molecule has 0 aliphatic rings. The van der Waals surface area contributed by atoms with Crippen molar-refractivity contribution < 1.29 is 4.39 Å². The van der Waals surface area contributed by atoms with Gasteiger partial charge in [-0.25, -0.2) is 9.37 Å². The van der Waals surface area contributed by atoms with Gasteiger partial charge in [0.2, 0.25) is 5.95 Å². The van der Waals surface area contributed by atoms with E-state index >= 15 is 0 Å². The van der Waals surface area contributed by atoms with Gasteiger partial charge in [-0.3, -0.25) is 0 Å². The van der Waals surface area contributed by atoms with E-state index in [2.05, 4.69) is 27.5 Å². The van der Waals surface area contributed by atoms with Crippen molar-refractivity contribution in [1.82, 2.24) is 9.97 Å². The summed E-state index contributed by atoms with van der Waals surface area (Å²) in [5.41, 5.74) is 0.633. The van der Waals surface area contributed by atoms with Gasteiger partial charge in [0.15, 0.2) is 0 Å². The van der Waals surface area contributed by atoms with Crippen LogP contribution < -0.4 is 10.6 Å². The van der Waals surface area contributed by atoms with Crippen molar-refractivity contribution in [3.8, 4) is 0 Å². The van der Waals surface area contributed by atoms with Crippen molar-refractivity contribution in [3.63, 3.8) is 0 Å². The Balaban J connectivity index is 1.95. The summed E-state index contributed by atoms with van der Waals surface area (Å²) in [6, 6.07) is 8.05. The summed E-state index contributed by atoms with van der Waals surface area (Å²) >= 11 is 0. The number of unbranched alkanes of at least 4 members (excludes halogenated alkanes) is 2. The highest BCUT2D eigenvalue weighted by atomic mass is 19.1. The van der Waals surface area contributed by atoms with Crippen molar-refractivity contribution in [1.29, 1.82) is 0 Å². The van der Waals surface area contributed by atoms with Crippen LogP contribution in [0.2, 0.25) is 0 Å². The Bertz CT molecular complexity index is 545. The molecule has 0 atom stereocenters. The van der Waals surface area contributed by atoms with Crippen molar-refractivity contribution in [3.05, 3.63) is 42.3 Å². The molecule has 0 spiro atoms. The summed E-state index contributed by atoms with van der Waals surface area (Å²) in [6.07, 6.45) is 5.19. The van der Waals surface area contributed by atoms with Crippen LogP contribution in [-0.2, 0) is 0 Å². The predicted molar refractivity (Wildman–Crippen MR) is 79.7 cm³/mol. The molecule has 1 heterocycles. The number of nitrogens with one attached hydrogen (secondary N) is 2. The first kappa shape index (κ1) is 14.2. The molecule has 2 N–H and O–H groups in total. The molecule has 2 aromatic rings. The van der Waals surface area contributed by atoms with Gasteiger partial charge in [0.25, 0.3) is 0 Å². The lowest BCUT2D eigenvalue weighted by molar-refractivity contribution is 0.628. The molecule has 0 aliphatic carbocycles. The van der Waals surface area contributed by atoms with Crippen LogP contribution in [0.3, 0.4) is 0 Å². The minimum atomic E-state index is -0.288. The molecular weight excluding hydrogens is 255 g/mol. The highest BCUT2D eigenvalue weighted by Gasteiger charge is 2.00. The van der Waals surface area contributed by atoms with E-state index in [0.717, 1.165) is 18.8 Å². The highest BCUT2D eigenvalue weighted by Crippen LogP contribution is 2.15. The third-order valence-electron chi connectivity index (χ3n) is 2.82. The number of hydrogen-bond donors (Lipinski definition) is 2. The normalized spacial score (nSPS) is 10.3. The summed E-state index contributed by atoms with van der Waals surface area (Å²) in [5.74, 6) is 0.940. The van der Waals surface area contributed by atoms with Gasteiger partial charge in [-0.1, -0.05) is 25.8 Å². The van der Waals surface area contributed by atoms with Gasteiger partial charge < -0.3 is 10.6 Å². The van der Waals surface area contributed by atoms with Gasteiger partial charge in [-0.2, -0.15) is 4.98 Å². The molecule has 0 saturated carbocycles. The SMILES string of the molecule is CCCCCNc1ccnc(Nc2cccc(F)c2)n1. The Kier molecular flexibility index (Phi) is 5.29. The second kappa shape index (κ2) is 7.43. The molecule has 106 valence electrons. The number of anilines is 3. The molecule has 2 rings (SSSR count). The lowest BCUT2D eigenvalue weighted by Gasteiger charge is -2.08. The minimum Gasteiger partial charge on any atom is -0.370 e. The van der Waals surface area contributed by atoms with E-state index in [1.54, 1.807) is 18.3 Å². The summed E-state index contributed by atoms with van der Waals surface area (Å²) < 4.78 is 13.1. The first-order valence-electron chi connectivity index (χ1n) is 6.87. The Labute approximate surface area is 118 Å². The second-order valence-electron chi connectivity index (χ2n) is 4.53. The van der Waals surface area contributed by atoms with Crippen LogP contribution in [-0.4, -0.2) is 16.5 Å². The highest BCUT2D eigenvalue weighted by molar-refractivity contribution is 5.54. The summed E-state index contributed by atoms with van der Waals surface area (Å²) in [7, 11) is 0. The Morgan fingerprint density at radius 2 is 2.10 bits per heavy atom. The summed E-state index contributed by atoms with van der Waals surface area (Å²) in [4.78, 5) is 8.46. The van der Waals surface area contributed by atoms with E-state index in [0.29, 0.717) is 11.6 Å². The predicted octanol–water partition coefficient (Wildman–Crippen LogP) is 3.96. The number of benzene rings is 1. The molecule has 20 heavy (non-hydrogen) atoms. The van der Waals surface area contributed by atoms with E-state index in [9.17, 15) is 4.39 Å². The molecule has 1 aromatic heterocycles. The molecule has 0 saturated heterocycles. The molecule has 0 unspecified atom stereocenters. The zero-order valence-corrected chi connectivity index (χ0v) is 11.6. The number of nitrogens with zero attached hydrogens (tertiary/aromatic N) is 2. The Morgan fingerprint density at radius 1 is 1.20 bits per heavy atom. The maximum absolute atomic E-state index is 13.1. The maximum atomic E-state index is 13.1. The topological polar surface area (TPSA) is 49.8 Å². The number of aromatic nitrogens is 2. The minimum absolute atomic E-state index is 0.288. The van der Waals surface area contributed by atoms with Gasteiger partial charge in [0, 0.05) is 18.4 Å². The molecule has 4 nitrogen and oxygen atoms in total. The lowest BCUT2D eigenvalue weighted by atomic mass is 10.2. The lowest BCUT2D eigenvalue weighted by Crippen LogP contribution is -2.05. The van der Waals surface area contributed by atoms with E-state index in [1.165, 1.54) is 25.0 Å². The summed E-state index contributed by atoms with van der Waals surface area (Å²) in [5, 5.41) is 6.24. The largest absolute Gasteiger partial charge is 0.370 e. The van der Waals surface area contributed by atoms with E-state index in [-0.39, 0.29) is 5.82 Å². The van der Waals surface area contributed by atoms with Crippen LogP contribution in [0.1, 0.15) is 26.2 Å². The van der Waals surface area contributed by atoms with Gasteiger partial charge in [0.05, 0.1) is 0 Å². The van der Waals surface area contributed by atoms with E-state index in [4.69, 9.17) is 0 Å². The van der Waals surface area contributed by atoms with E-state index < -0.39 is 0 Å². The third kappa shape index (κ3) is 4.50.